The van der Waals surface area contributed by atoms with Gasteiger partial charge in [0, 0.05) is 31.5 Å². The molecule has 1 aliphatic rings. The summed E-state index contributed by atoms with van der Waals surface area (Å²) in [5.41, 5.74) is 2.34. The van der Waals surface area contributed by atoms with Gasteiger partial charge in [-0.25, -0.2) is 9.42 Å². The van der Waals surface area contributed by atoms with Crippen LogP contribution in [0.25, 0.3) is 0 Å². The zero-order valence-electron chi connectivity index (χ0n) is 15.3. The van der Waals surface area contributed by atoms with E-state index in [1.165, 1.54) is 17.5 Å². The maximum atomic E-state index is 12.8. The molecule has 2 aromatic rings. The first kappa shape index (κ1) is 19.0. The molecule has 1 saturated heterocycles. The van der Waals surface area contributed by atoms with Gasteiger partial charge in [0.05, 0.1) is 5.69 Å². The lowest BCUT2D eigenvalue weighted by atomic mass is 10.0. The summed E-state index contributed by atoms with van der Waals surface area (Å²) in [6, 6.07) is 20.6. The highest BCUT2D eigenvalue weighted by Gasteiger charge is 2.26. The van der Waals surface area contributed by atoms with Gasteiger partial charge in [0.1, 0.15) is 0 Å². The zero-order valence-corrected chi connectivity index (χ0v) is 16.1. The summed E-state index contributed by atoms with van der Waals surface area (Å²) in [6.45, 7) is 2.73. The lowest BCUT2D eigenvalue weighted by Gasteiger charge is -2.33. The molecular formula is C21H27N3OS. The molecule has 138 valence electrons. The number of hydrogen-bond donors (Lipinski definition) is 1. The molecule has 1 fully saturated rings. The normalized spacial score (nSPS) is 15.2. The molecule has 0 radical (unpaired) electrons. The fourth-order valence-electron chi connectivity index (χ4n) is 3.12. The van der Waals surface area contributed by atoms with Crippen molar-refractivity contribution in [1.29, 1.82) is 0 Å². The largest absolute Gasteiger partial charge is 0.317 e. The third-order valence-electron chi connectivity index (χ3n) is 4.70. The summed E-state index contributed by atoms with van der Waals surface area (Å²) in [5.74, 6) is 0.148. The van der Waals surface area contributed by atoms with Gasteiger partial charge in [0.25, 0.3) is 0 Å². The van der Waals surface area contributed by atoms with E-state index in [0.29, 0.717) is 0 Å². The third kappa shape index (κ3) is 5.34. The first-order valence-electron chi connectivity index (χ1n) is 9.27. The third-order valence-corrected chi connectivity index (χ3v) is 5.88. The van der Waals surface area contributed by atoms with E-state index in [1.54, 1.807) is 0 Å². The van der Waals surface area contributed by atoms with Gasteiger partial charge in [-0.05, 0) is 50.0 Å². The van der Waals surface area contributed by atoms with Crippen molar-refractivity contribution in [2.24, 2.45) is 5.92 Å². The van der Waals surface area contributed by atoms with Crippen LogP contribution in [0.5, 0.6) is 0 Å². The molecule has 0 aromatic heterocycles. The topological polar surface area (TPSA) is 35.6 Å². The van der Waals surface area contributed by atoms with Crippen LogP contribution in [-0.2, 0) is 11.2 Å². The number of nitrogens with one attached hydrogen (secondary N) is 1. The maximum Gasteiger partial charge on any atom is 0.213 e. The summed E-state index contributed by atoms with van der Waals surface area (Å²) in [6.07, 6.45) is 2.81. The van der Waals surface area contributed by atoms with Crippen LogP contribution in [0.4, 0.5) is 5.69 Å². The number of carbonyl (C=O) groups is 1. The van der Waals surface area contributed by atoms with Gasteiger partial charge in [-0.1, -0.05) is 48.5 Å². The predicted octanol–water partition coefficient (Wildman–Crippen LogP) is 3.76. The number of likely N-dealkylation sites (N-methyl/N-ethyl adjacent to an activating group) is 1. The zero-order chi connectivity index (χ0) is 18.2. The van der Waals surface area contributed by atoms with E-state index in [4.69, 9.17) is 0 Å². The summed E-state index contributed by atoms with van der Waals surface area (Å²) < 4.78 is 2.05. The second-order valence-electron chi connectivity index (χ2n) is 6.66. The Kier molecular flexibility index (Phi) is 7.12. The van der Waals surface area contributed by atoms with Gasteiger partial charge >= 0.3 is 0 Å². The van der Waals surface area contributed by atoms with Crippen molar-refractivity contribution >= 4 is 22.8 Å². The maximum absolute atomic E-state index is 12.8. The van der Waals surface area contributed by atoms with E-state index in [-0.39, 0.29) is 11.0 Å². The summed E-state index contributed by atoms with van der Waals surface area (Å²) >= 11 is 1.34. The molecule has 2 aromatic carbocycles. The quantitative estimate of drug-likeness (QED) is 0.594. The minimum absolute atomic E-state index is 0.148. The molecule has 0 bridgehead atoms. The number of hydrogen-bond acceptors (Lipinski definition) is 5. The second-order valence-corrected chi connectivity index (χ2v) is 7.59. The summed E-state index contributed by atoms with van der Waals surface area (Å²) in [5, 5.41) is 5.74. The summed E-state index contributed by atoms with van der Waals surface area (Å²) in [7, 11) is 2.05. The predicted molar refractivity (Wildman–Crippen MR) is 110 cm³/mol. The first-order chi connectivity index (χ1) is 12.7. The van der Waals surface area contributed by atoms with Crippen LogP contribution >= 0.6 is 11.9 Å². The van der Waals surface area contributed by atoms with E-state index in [2.05, 4.69) is 53.8 Å². The van der Waals surface area contributed by atoms with Crippen molar-refractivity contribution in [2.75, 3.05) is 31.1 Å². The fraction of sp³-hybridized carbons (Fsp3) is 0.381. The van der Waals surface area contributed by atoms with Crippen LogP contribution in [0.15, 0.2) is 60.7 Å². The lowest BCUT2D eigenvalue weighted by Crippen LogP contribution is -2.39. The van der Waals surface area contributed by atoms with Crippen LogP contribution in [0.2, 0.25) is 0 Å². The number of hydrazine groups is 1. The highest BCUT2D eigenvalue weighted by Crippen LogP contribution is 2.29. The monoisotopic (exact) mass is 369 g/mol. The Morgan fingerprint density at radius 3 is 2.31 bits per heavy atom. The van der Waals surface area contributed by atoms with Gasteiger partial charge in [-0.2, -0.15) is 0 Å². The molecule has 0 spiro atoms. The molecule has 3 rings (SSSR count). The van der Waals surface area contributed by atoms with Crippen molar-refractivity contribution < 1.29 is 4.79 Å². The Morgan fingerprint density at radius 1 is 1.04 bits per heavy atom. The number of benzene rings is 2. The van der Waals surface area contributed by atoms with Gasteiger partial charge in [-0.3, -0.25) is 4.79 Å². The molecule has 4 nitrogen and oxygen atoms in total. The van der Waals surface area contributed by atoms with Crippen molar-refractivity contribution in [3.8, 4) is 0 Å². The highest BCUT2D eigenvalue weighted by molar-refractivity contribution is 8.14. The van der Waals surface area contributed by atoms with Gasteiger partial charge in [-0.15, -0.1) is 0 Å². The average Bonchev–Trinajstić information content (AvgIpc) is 2.72. The van der Waals surface area contributed by atoms with E-state index >= 15 is 0 Å². The minimum atomic E-state index is 0.148. The molecule has 5 heteroatoms. The molecular weight excluding hydrogens is 342 g/mol. The van der Waals surface area contributed by atoms with Gasteiger partial charge in [0.2, 0.25) is 5.12 Å². The molecule has 0 atom stereocenters. The van der Waals surface area contributed by atoms with Crippen molar-refractivity contribution in [3.05, 3.63) is 66.2 Å². The Hall–Kier alpha value is -1.82. The van der Waals surface area contributed by atoms with Crippen molar-refractivity contribution in [2.45, 2.75) is 19.3 Å². The number of anilines is 1. The van der Waals surface area contributed by atoms with Crippen molar-refractivity contribution in [3.63, 3.8) is 0 Å². The van der Waals surface area contributed by atoms with E-state index in [0.717, 1.165) is 44.6 Å². The Labute approximate surface area is 160 Å². The molecule has 0 saturated carbocycles. The van der Waals surface area contributed by atoms with Gasteiger partial charge < -0.3 is 5.32 Å². The fourth-order valence-corrected chi connectivity index (χ4v) is 4.12. The van der Waals surface area contributed by atoms with Crippen LogP contribution in [0.1, 0.15) is 18.4 Å². The first-order valence-corrected chi connectivity index (χ1v) is 10.0. The van der Waals surface area contributed by atoms with E-state index < -0.39 is 0 Å². The molecule has 1 aliphatic heterocycles. The van der Waals surface area contributed by atoms with Crippen LogP contribution < -0.4 is 9.73 Å². The number of para-hydroxylation sites is 1. The standard InChI is InChI=1S/C21H27N3OS/c1-23(17-14-18-8-4-2-5-9-18)24(20-10-6-3-7-11-20)26-21(25)19-12-15-22-16-13-19/h2-11,19,22H,12-17H2,1H3. The van der Waals surface area contributed by atoms with E-state index in [1.807, 2.05) is 28.7 Å². The van der Waals surface area contributed by atoms with E-state index in [9.17, 15) is 4.79 Å². The molecule has 1 N–H and O–H groups in total. The smallest absolute Gasteiger partial charge is 0.213 e. The highest BCUT2D eigenvalue weighted by atomic mass is 32.2. The van der Waals surface area contributed by atoms with Crippen LogP contribution in [0, 0.1) is 5.92 Å². The number of rotatable bonds is 7. The lowest BCUT2D eigenvalue weighted by molar-refractivity contribution is -0.115. The summed E-state index contributed by atoms with van der Waals surface area (Å²) in [4.78, 5) is 12.8. The average molecular weight is 370 g/mol. The number of carbonyl (C=O) groups excluding carboxylic acids is 1. The Bertz CT molecular complexity index is 674. The molecule has 0 aliphatic carbocycles. The Balaban J connectivity index is 1.67. The van der Waals surface area contributed by atoms with Crippen LogP contribution in [-0.4, -0.2) is 36.8 Å². The molecule has 0 amide bonds. The number of piperidine rings is 1. The SMILES string of the molecule is CN(CCc1ccccc1)N(SC(=O)C1CCNCC1)c1ccccc1. The minimum Gasteiger partial charge on any atom is -0.317 e. The molecule has 0 unspecified atom stereocenters. The molecule has 26 heavy (non-hydrogen) atoms. The van der Waals surface area contributed by atoms with Crippen LogP contribution in [0.3, 0.4) is 0 Å². The molecule has 1 heterocycles. The Morgan fingerprint density at radius 2 is 1.65 bits per heavy atom. The second kappa shape index (κ2) is 9.76. The van der Waals surface area contributed by atoms with Gasteiger partial charge in [0.15, 0.2) is 0 Å². The number of nitrogens with zero attached hydrogens (tertiary/aromatic N) is 2. The van der Waals surface area contributed by atoms with Crippen molar-refractivity contribution in [1.82, 2.24) is 10.3 Å².